The van der Waals surface area contributed by atoms with Gasteiger partial charge in [0.1, 0.15) is 5.00 Å². The van der Waals surface area contributed by atoms with Gasteiger partial charge in [-0.2, -0.15) is 0 Å². The quantitative estimate of drug-likeness (QED) is 0.241. The van der Waals surface area contributed by atoms with Crippen molar-refractivity contribution in [2.45, 2.75) is 51.9 Å². The van der Waals surface area contributed by atoms with Crippen molar-refractivity contribution in [3.8, 4) is 0 Å². The zero-order valence-corrected chi connectivity index (χ0v) is 21.0. The average Bonchev–Trinajstić information content (AvgIpc) is 3.45. The summed E-state index contributed by atoms with van der Waals surface area (Å²) in [6.45, 7) is 2.38. The van der Waals surface area contributed by atoms with Gasteiger partial charge in [0.25, 0.3) is 11.8 Å². The minimum atomic E-state index is -0.375. The number of nitrogens with zero attached hydrogens (tertiary/aromatic N) is 1. The van der Waals surface area contributed by atoms with Crippen LogP contribution in [-0.4, -0.2) is 41.7 Å². The normalized spacial score (nSPS) is 14.3. The number of esters is 1. The molecule has 3 aromatic rings. The summed E-state index contributed by atoms with van der Waals surface area (Å²) in [4.78, 5) is 53.5. The van der Waals surface area contributed by atoms with Gasteiger partial charge in [-0.05, 0) is 62.1 Å². The maximum atomic E-state index is 13.0. The number of amides is 3. The van der Waals surface area contributed by atoms with Gasteiger partial charge in [-0.15, -0.1) is 11.3 Å². The minimum absolute atomic E-state index is 0.147. The van der Waals surface area contributed by atoms with Crippen molar-refractivity contribution in [2.24, 2.45) is 0 Å². The zero-order valence-electron chi connectivity index (χ0n) is 20.2. The Morgan fingerprint density at radius 1 is 1.00 bits per heavy atom. The third kappa shape index (κ3) is 4.41. The first kappa shape index (κ1) is 24.2. The van der Waals surface area contributed by atoms with E-state index in [-0.39, 0.29) is 23.7 Å². The molecule has 0 saturated heterocycles. The van der Waals surface area contributed by atoms with Crippen molar-refractivity contribution in [3.05, 3.63) is 63.5 Å². The molecule has 1 aliphatic heterocycles. The molecule has 0 bridgehead atoms. The topological polar surface area (TPSA) is 92.8 Å². The van der Waals surface area contributed by atoms with Crippen LogP contribution >= 0.6 is 11.3 Å². The molecule has 2 aromatic carbocycles. The van der Waals surface area contributed by atoms with Crippen molar-refractivity contribution in [2.75, 3.05) is 18.5 Å². The molecule has 3 amide bonds. The van der Waals surface area contributed by atoms with Crippen molar-refractivity contribution in [3.63, 3.8) is 0 Å². The maximum absolute atomic E-state index is 13.0. The Kier molecular flexibility index (Phi) is 6.87. The molecule has 0 atom stereocenters. The fourth-order valence-corrected chi connectivity index (χ4v) is 6.41. The summed E-state index contributed by atoms with van der Waals surface area (Å²) in [5.41, 5.74) is 2.65. The van der Waals surface area contributed by atoms with E-state index in [0.717, 1.165) is 40.5 Å². The van der Waals surface area contributed by atoms with Crippen LogP contribution < -0.4 is 5.32 Å². The molecule has 2 heterocycles. The highest BCUT2D eigenvalue weighted by molar-refractivity contribution is 7.17. The van der Waals surface area contributed by atoms with Gasteiger partial charge in [0.15, 0.2) is 0 Å². The minimum Gasteiger partial charge on any atom is -0.462 e. The van der Waals surface area contributed by atoms with Gasteiger partial charge < -0.3 is 10.1 Å². The van der Waals surface area contributed by atoms with E-state index in [1.54, 1.807) is 19.1 Å². The molecule has 5 rings (SSSR count). The molecule has 8 heteroatoms. The smallest absolute Gasteiger partial charge is 0.341 e. The number of fused-ring (bicyclic) bond motifs is 1. The largest absolute Gasteiger partial charge is 0.462 e. The number of unbranched alkanes of at least 4 members (excludes halogenated alkanes) is 2. The highest BCUT2D eigenvalue weighted by Gasteiger charge is 2.32. The number of carbonyl (C=O) groups is 4. The maximum Gasteiger partial charge on any atom is 0.341 e. The van der Waals surface area contributed by atoms with Crippen molar-refractivity contribution < 1.29 is 23.9 Å². The average molecular weight is 505 g/mol. The van der Waals surface area contributed by atoms with Crippen LogP contribution in [-0.2, 0) is 22.4 Å². The van der Waals surface area contributed by atoms with Gasteiger partial charge in [-0.3, -0.25) is 19.3 Å². The van der Waals surface area contributed by atoms with E-state index in [2.05, 4.69) is 5.32 Å². The second kappa shape index (κ2) is 10.2. The SMILES string of the molecule is CCOC(=O)c1c(NC(=O)CCCCCN2C(=O)c3cccc4cccc(c34)C2=O)sc2c1CCC2. The first-order chi connectivity index (χ1) is 17.5. The summed E-state index contributed by atoms with van der Waals surface area (Å²) in [6, 6.07) is 11.0. The molecule has 0 fully saturated rings. The number of ether oxygens (including phenoxy) is 1. The van der Waals surface area contributed by atoms with E-state index in [0.29, 0.717) is 60.5 Å². The van der Waals surface area contributed by atoms with E-state index in [1.807, 2.05) is 24.3 Å². The highest BCUT2D eigenvalue weighted by Crippen LogP contribution is 2.39. The molecule has 1 aliphatic carbocycles. The van der Waals surface area contributed by atoms with Crippen LogP contribution in [0.4, 0.5) is 5.00 Å². The molecule has 0 spiro atoms. The van der Waals surface area contributed by atoms with E-state index in [4.69, 9.17) is 4.74 Å². The zero-order chi connectivity index (χ0) is 25.2. The third-order valence-corrected chi connectivity index (χ3v) is 8.00. The standard InChI is InChI=1S/C28H28N2O5S/c1-2-35-28(34)24-18-11-8-14-21(18)36-25(24)29-22(31)15-4-3-5-16-30-26(32)19-12-6-9-17-10-7-13-20(23(17)19)27(30)33/h6-7,9-10,12-13H,2-5,8,11,14-16H2,1H3,(H,29,31). The number of thiophene rings is 1. The number of imide groups is 1. The first-order valence-electron chi connectivity index (χ1n) is 12.5. The van der Waals surface area contributed by atoms with Crippen LogP contribution in [0.5, 0.6) is 0 Å². The molecular weight excluding hydrogens is 476 g/mol. The van der Waals surface area contributed by atoms with Crippen LogP contribution in [0.2, 0.25) is 0 Å². The molecule has 186 valence electrons. The van der Waals surface area contributed by atoms with Crippen LogP contribution in [0, 0.1) is 0 Å². The lowest BCUT2D eigenvalue weighted by Gasteiger charge is -2.27. The predicted octanol–water partition coefficient (Wildman–Crippen LogP) is 5.36. The third-order valence-electron chi connectivity index (χ3n) is 6.80. The monoisotopic (exact) mass is 504 g/mol. The van der Waals surface area contributed by atoms with Crippen LogP contribution in [0.15, 0.2) is 36.4 Å². The number of anilines is 1. The van der Waals surface area contributed by atoms with Gasteiger partial charge in [-0.1, -0.05) is 30.7 Å². The molecule has 1 N–H and O–H groups in total. The van der Waals surface area contributed by atoms with E-state index in [1.165, 1.54) is 16.2 Å². The summed E-state index contributed by atoms with van der Waals surface area (Å²) in [7, 11) is 0. The Labute approximate surface area is 213 Å². The number of nitrogens with one attached hydrogen (secondary N) is 1. The highest BCUT2D eigenvalue weighted by atomic mass is 32.1. The van der Waals surface area contributed by atoms with E-state index >= 15 is 0 Å². The lowest BCUT2D eigenvalue weighted by molar-refractivity contribution is -0.116. The number of carbonyl (C=O) groups excluding carboxylic acids is 4. The van der Waals surface area contributed by atoms with E-state index < -0.39 is 0 Å². The number of benzene rings is 2. The Morgan fingerprint density at radius 2 is 1.72 bits per heavy atom. The number of rotatable bonds is 9. The molecule has 2 aliphatic rings. The summed E-state index contributed by atoms with van der Waals surface area (Å²) in [6.07, 6.45) is 5.01. The molecule has 7 nitrogen and oxygen atoms in total. The van der Waals surface area contributed by atoms with Crippen molar-refractivity contribution >= 4 is 50.8 Å². The number of aryl methyl sites for hydroxylation is 1. The van der Waals surface area contributed by atoms with Crippen molar-refractivity contribution in [1.29, 1.82) is 0 Å². The molecule has 0 unspecified atom stereocenters. The number of hydrogen-bond acceptors (Lipinski definition) is 6. The second-order valence-electron chi connectivity index (χ2n) is 9.11. The Bertz CT molecular complexity index is 1330. The fourth-order valence-electron chi connectivity index (χ4n) is 5.12. The van der Waals surface area contributed by atoms with Crippen LogP contribution in [0.25, 0.3) is 10.8 Å². The van der Waals surface area contributed by atoms with Gasteiger partial charge in [0.05, 0.1) is 12.2 Å². The number of hydrogen-bond donors (Lipinski definition) is 1. The summed E-state index contributed by atoms with van der Waals surface area (Å²) in [5.74, 6) is -1.05. The Hall–Kier alpha value is -3.52. The predicted molar refractivity (Wildman–Crippen MR) is 139 cm³/mol. The first-order valence-corrected chi connectivity index (χ1v) is 13.3. The fraction of sp³-hybridized carbons (Fsp3) is 0.357. The van der Waals surface area contributed by atoms with Crippen LogP contribution in [0.1, 0.15) is 80.5 Å². The molecule has 1 aromatic heterocycles. The molecule has 0 radical (unpaired) electrons. The lowest BCUT2D eigenvalue weighted by atomic mass is 9.94. The van der Waals surface area contributed by atoms with E-state index in [9.17, 15) is 19.2 Å². The van der Waals surface area contributed by atoms with Gasteiger partial charge in [-0.25, -0.2) is 4.79 Å². The summed E-state index contributed by atoms with van der Waals surface area (Å²) >= 11 is 1.47. The van der Waals surface area contributed by atoms with Gasteiger partial charge in [0.2, 0.25) is 5.91 Å². The molecular formula is C28H28N2O5S. The van der Waals surface area contributed by atoms with Crippen LogP contribution in [0.3, 0.4) is 0 Å². The van der Waals surface area contributed by atoms with Crippen molar-refractivity contribution in [1.82, 2.24) is 4.90 Å². The summed E-state index contributed by atoms with van der Waals surface area (Å²) < 4.78 is 5.22. The second-order valence-corrected chi connectivity index (χ2v) is 10.2. The lowest BCUT2D eigenvalue weighted by Crippen LogP contribution is -2.40. The Morgan fingerprint density at radius 3 is 2.42 bits per heavy atom. The molecule has 36 heavy (non-hydrogen) atoms. The molecule has 0 saturated carbocycles. The van der Waals surface area contributed by atoms with Gasteiger partial charge in [0, 0.05) is 34.4 Å². The Balaban J connectivity index is 1.14. The van der Waals surface area contributed by atoms with Gasteiger partial charge >= 0.3 is 5.97 Å². The summed E-state index contributed by atoms with van der Waals surface area (Å²) in [5, 5.41) is 5.11.